The Labute approximate surface area is 109 Å². The molecular weight excluding hydrogens is 262 g/mol. The van der Waals surface area contributed by atoms with Crippen LogP contribution in [0.2, 0.25) is 4.34 Å². The molecule has 0 spiro atoms. The first kappa shape index (κ1) is 14.4. The maximum absolute atomic E-state index is 11.6. The molecule has 0 aliphatic rings. The van der Waals surface area contributed by atoms with E-state index in [1.807, 2.05) is 24.1 Å². The number of carbonyl (C=O) groups is 1. The third-order valence-electron chi connectivity index (χ3n) is 2.34. The molecule has 0 radical (unpaired) electrons. The highest BCUT2D eigenvalue weighted by atomic mass is 35.5. The van der Waals surface area contributed by atoms with Crippen molar-refractivity contribution in [2.75, 3.05) is 20.8 Å². The van der Waals surface area contributed by atoms with E-state index in [2.05, 4.69) is 5.43 Å². The minimum Gasteiger partial charge on any atom is -0.383 e. The summed E-state index contributed by atoms with van der Waals surface area (Å²) < 4.78 is 5.75. The number of nitrogens with zero attached hydrogens (tertiary/aromatic N) is 1. The average Bonchev–Trinajstić information content (AvgIpc) is 2.70. The van der Waals surface area contributed by atoms with Gasteiger partial charge in [-0.2, -0.15) is 0 Å². The van der Waals surface area contributed by atoms with Crippen LogP contribution >= 0.6 is 22.9 Å². The fourth-order valence-electron chi connectivity index (χ4n) is 1.45. The Kier molecular flexibility index (Phi) is 5.87. The van der Waals surface area contributed by atoms with E-state index < -0.39 is 6.04 Å². The Morgan fingerprint density at radius 1 is 1.71 bits per heavy atom. The van der Waals surface area contributed by atoms with Gasteiger partial charge in [-0.05, 0) is 19.2 Å². The molecule has 0 bridgehead atoms. The highest BCUT2D eigenvalue weighted by Crippen LogP contribution is 2.22. The van der Waals surface area contributed by atoms with Gasteiger partial charge in [-0.15, -0.1) is 11.3 Å². The molecule has 1 atom stereocenters. The van der Waals surface area contributed by atoms with Gasteiger partial charge in [0.25, 0.3) is 5.91 Å². The van der Waals surface area contributed by atoms with Crippen LogP contribution in [0.4, 0.5) is 0 Å². The maximum Gasteiger partial charge on any atom is 0.253 e. The molecule has 96 valence electrons. The summed E-state index contributed by atoms with van der Waals surface area (Å²) in [4.78, 5) is 14.5. The van der Waals surface area contributed by atoms with Crippen LogP contribution in [0.25, 0.3) is 0 Å². The number of thiophene rings is 1. The molecule has 5 nitrogen and oxygen atoms in total. The molecule has 1 amide bonds. The van der Waals surface area contributed by atoms with Crippen molar-refractivity contribution in [1.29, 1.82) is 0 Å². The number of amides is 1. The SMILES string of the molecule is COCC(C(=O)NN)N(C)Cc1ccc(Cl)s1. The molecule has 0 aliphatic heterocycles. The van der Waals surface area contributed by atoms with E-state index in [1.54, 1.807) is 7.11 Å². The number of carbonyl (C=O) groups excluding carboxylic acids is 1. The normalized spacial score (nSPS) is 12.8. The lowest BCUT2D eigenvalue weighted by atomic mass is 10.2. The van der Waals surface area contributed by atoms with E-state index in [9.17, 15) is 4.79 Å². The summed E-state index contributed by atoms with van der Waals surface area (Å²) >= 11 is 7.34. The van der Waals surface area contributed by atoms with E-state index >= 15 is 0 Å². The number of nitrogens with two attached hydrogens (primary N) is 1. The lowest BCUT2D eigenvalue weighted by Gasteiger charge is -2.25. The molecule has 0 fully saturated rings. The molecule has 0 saturated carbocycles. The Morgan fingerprint density at radius 2 is 2.41 bits per heavy atom. The largest absolute Gasteiger partial charge is 0.383 e. The number of rotatable bonds is 6. The quantitative estimate of drug-likeness (QED) is 0.459. The summed E-state index contributed by atoms with van der Waals surface area (Å²) in [7, 11) is 3.39. The second-order valence-corrected chi connectivity index (χ2v) is 5.40. The maximum atomic E-state index is 11.6. The van der Waals surface area contributed by atoms with Crippen molar-refractivity contribution in [3.63, 3.8) is 0 Å². The van der Waals surface area contributed by atoms with Crippen LogP contribution in [-0.4, -0.2) is 37.6 Å². The standard InChI is InChI=1S/C10H16ClN3O2S/c1-14(5-7-3-4-9(11)17-7)8(6-16-2)10(15)13-12/h3-4,8H,5-6,12H2,1-2H3,(H,13,15). The van der Waals surface area contributed by atoms with Gasteiger partial charge in [-0.3, -0.25) is 15.1 Å². The topological polar surface area (TPSA) is 67.6 Å². The lowest BCUT2D eigenvalue weighted by Crippen LogP contribution is -2.49. The van der Waals surface area contributed by atoms with Crippen molar-refractivity contribution in [3.05, 3.63) is 21.3 Å². The first-order chi connectivity index (χ1) is 8.08. The summed E-state index contributed by atoms with van der Waals surface area (Å²) in [5.74, 6) is 4.87. The highest BCUT2D eigenvalue weighted by molar-refractivity contribution is 7.16. The number of ether oxygens (including phenoxy) is 1. The molecule has 1 aromatic rings. The highest BCUT2D eigenvalue weighted by Gasteiger charge is 2.22. The predicted octanol–water partition coefficient (Wildman–Crippen LogP) is 0.838. The summed E-state index contributed by atoms with van der Waals surface area (Å²) in [5.41, 5.74) is 2.14. The summed E-state index contributed by atoms with van der Waals surface area (Å²) in [6.07, 6.45) is 0. The van der Waals surface area contributed by atoms with E-state index in [0.717, 1.165) is 9.21 Å². The van der Waals surface area contributed by atoms with Crippen LogP contribution in [0, 0.1) is 0 Å². The number of hydrogen-bond acceptors (Lipinski definition) is 5. The van der Waals surface area contributed by atoms with Crippen molar-refractivity contribution in [2.45, 2.75) is 12.6 Å². The van der Waals surface area contributed by atoms with Crippen LogP contribution in [0.15, 0.2) is 12.1 Å². The van der Waals surface area contributed by atoms with Gasteiger partial charge in [-0.25, -0.2) is 5.84 Å². The fourth-order valence-corrected chi connectivity index (χ4v) is 2.60. The molecule has 1 heterocycles. The van der Waals surface area contributed by atoms with Crippen LogP contribution in [0.5, 0.6) is 0 Å². The fraction of sp³-hybridized carbons (Fsp3) is 0.500. The second kappa shape index (κ2) is 6.93. The zero-order chi connectivity index (χ0) is 12.8. The van der Waals surface area contributed by atoms with Gasteiger partial charge in [-0.1, -0.05) is 11.6 Å². The van der Waals surface area contributed by atoms with Gasteiger partial charge in [0, 0.05) is 18.5 Å². The molecule has 0 saturated heterocycles. The number of hydrazine groups is 1. The van der Waals surface area contributed by atoms with Crippen molar-refractivity contribution in [2.24, 2.45) is 5.84 Å². The molecule has 1 rings (SSSR count). The first-order valence-corrected chi connectivity index (χ1v) is 6.21. The molecule has 1 unspecified atom stereocenters. The van der Waals surface area contributed by atoms with Crippen molar-refractivity contribution >= 4 is 28.8 Å². The van der Waals surface area contributed by atoms with E-state index in [1.165, 1.54) is 11.3 Å². The monoisotopic (exact) mass is 277 g/mol. The number of likely N-dealkylation sites (N-methyl/N-ethyl adjacent to an activating group) is 1. The van der Waals surface area contributed by atoms with Gasteiger partial charge in [0.2, 0.25) is 0 Å². The first-order valence-electron chi connectivity index (χ1n) is 5.02. The van der Waals surface area contributed by atoms with Gasteiger partial charge < -0.3 is 4.74 Å². The number of hydrogen-bond donors (Lipinski definition) is 2. The Balaban J connectivity index is 2.64. The minimum atomic E-state index is -0.411. The third kappa shape index (κ3) is 4.25. The van der Waals surface area contributed by atoms with Gasteiger partial charge in [0.05, 0.1) is 10.9 Å². The van der Waals surface area contributed by atoms with Crippen molar-refractivity contribution < 1.29 is 9.53 Å². The summed E-state index contributed by atoms with van der Waals surface area (Å²) in [6.45, 7) is 0.914. The molecule has 1 aromatic heterocycles. The Hall–Kier alpha value is -0.660. The average molecular weight is 278 g/mol. The minimum absolute atomic E-state index is 0.267. The Morgan fingerprint density at radius 3 is 2.88 bits per heavy atom. The van der Waals surface area contributed by atoms with Gasteiger partial charge in [0.15, 0.2) is 0 Å². The smallest absolute Gasteiger partial charge is 0.253 e. The zero-order valence-electron chi connectivity index (χ0n) is 9.77. The molecule has 0 aliphatic carbocycles. The molecule has 17 heavy (non-hydrogen) atoms. The van der Waals surface area contributed by atoms with E-state index in [-0.39, 0.29) is 5.91 Å². The van der Waals surface area contributed by atoms with E-state index in [4.69, 9.17) is 22.2 Å². The van der Waals surface area contributed by atoms with Crippen LogP contribution in [0.1, 0.15) is 4.88 Å². The summed E-state index contributed by atoms with van der Waals surface area (Å²) in [5, 5.41) is 0. The zero-order valence-corrected chi connectivity index (χ0v) is 11.3. The predicted molar refractivity (Wildman–Crippen MR) is 68.8 cm³/mol. The van der Waals surface area contributed by atoms with Crippen LogP contribution in [-0.2, 0) is 16.1 Å². The summed E-state index contributed by atoms with van der Waals surface area (Å²) in [6, 6.07) is 3.36. The second-order valence-electron chi connectivity index (χ2n) is 3.60. The Bertz CT molecular complexity index is 372. The van der Waals surface area contributed by atoms with Crippen molar-refractivity contribution in [3.8, 4) is 0 Å². The number of halogens is 1. The van der Waals surface area contributed by atoms with Crippen LogP contribution < -0.4 is 11.3 Å². The van der Waals surface area contributed by atoms with Gasteiger partial charge in [0.1, 0.15) is 6.04 Å². The van der Waals surface area contributed by atoms with Crippen LogP contribution in [0.3, 0.4) is 0 Å². The molecule has 7 heteroatoms. The molecule has 0 aromatic carbocycles. The van der Waals surface area contributed by atoms with Crippen molar-refractivity contribution in [1.82, 2.24) is 10.3 Å². The molecular formula is C10H16ClN3O2S. The number of nitrogens with one attached hydrogen (secondary N) is 1. The van der Waals surface area contributed by atoms with Gasteiger partial charge >= 0.3 is 0 Å². The molecule has 3 N–H and O–H groups in total. The third-order valence-corrected chi connectivity index (χ3v) is 3.55. The number of methoxy groups -OCH3 is 1. The van der Waals surface area contributed by atoms with E-state index in [0.29, 0.717) is 13.2 Å². The lowest BCUT2D eigenvalue weighted by molar-refractivity contribution is -0.128.